The molecule has 0 spiro atoms. The zero-order chi connectivity index (χ0) is 14.4. The third kappa shape index (κ3) is 2.20. The molecule has 0 unspecified atom stereocenters. The normalized spacial score (nSPS) is 12.2. The van der Waals surface area contributed by atoms with E-state index in [2.05, 4.69) is 4.98 Å². The van der Waals surface area contributed by atoms with Crippen LogP contribution in [0, 0.1) is 0 Å². The van der Waals surface area contributed by atoms with E-state index < -0.39 is 26.3 Å². The van der Waals surface area contributed by atoms with E-state index in [1.807, 2.05) is 0 Å². The fourth-order valence-electron chi connectivity index (χ4n) is 2.01. The van der Waals surface area contributed by atoms with Crippen LogP contribution in [0.5, 0.6) is 0 Å². The molecule has 0 amide bonds. The molecule has 7 nitrogen and oxygen atoms in total. The second kappa shape index (κ2) is 4.32. The van der Waals surface area contributed by atoms with E-state index in [9.17, 15) is 18.0 Å². The van der Waals surface area contributed by atoms with E-state index in [-0.39, 0.29) is 16.9 Å². The van der Waals surface area contributed by atoms with Crippen molar-refractivity contribution >= 4 is 21.0 Å². The largest absolute Gasteiger partial charge is 0.329 e. The molecule has 0 atom stereocenters. The van der Waals surface area contributed by atoms with E-state index in [1.54, 1.807) is 13.8 Å². The zero-order valence-electron chi connectivity index (χ0n) is 10.2. The maximum Gasteiger partial charge on any atom is 0.329 e. The van der Waals surface area contributed by atoms with Crippen LogP contribution in [-0.4, -0.2) is 22.5 Å². The van der Waals surface area contributed by atoms with Gasteiger partial charge in [0.1, 0.15) is 4.90 Å². The zero-order valence-corrected chi connectivity index (χ0v) is 11.1. The minimum Gasteiger partial charge on any atom is -0.291 e. The van der Waals surface area contributed by atoms with Gasteiger partial charge in [0.25, 0.3) is 15.7 Å². The van der Waals surface area contributed by atoms with Gasteiger partial charge in [0.2, 0.25) is 0 Å². The SMILES string of the molecule is CC(C)n1c(=O)[nH]c(=O)c2c(S(=O)(=O)O)cccc21. The summed E-state index contributed by atoms with van der Waals surface area (Å²) in [4.78, 5) is 25.1. The van der Waals surface area contributed by atoms with Gasteiger partial charge in [-0.3, -0.25) is 18.9 Å². The van der Waals surface area contributed by atoms with Crippen molar-refractivity contribution in [1.29, 1.82) is 0 Å². The van der Waals surface area contributed by atoms with Crippen molar-refractivity contribution in [3.05, 3.63) is 39.0 Å². The molecular formula is C11H12N2O5S. The highest BCUT2D eigenvalue weighted by molar-refractivity contribution is 7.86. The maximum absolute atomic E-state index is 11.8. The summed E-state index contributed by atoms with van der Waals surface area (Å²) in [5, 5.41) is -0.224. The topological polar surface area (TPSA) is 109 Å². The molecule has 0 fully saturated rings. The Labute approximate surface area is 108 Å². The summed E-state index contributed by atoms with van der Waals surface area (Å²) >= 11 is 0. The fraction of sp³-hybridized carbons (Fsp3) is 0.273. The van der Waals surface area contributed by atoms with Crippen molar-refractivity contribution in [2.75, 3.05) is 0 Å². The number of hydrogen-bond acceptors (Lipinski definition) is 4. The van der Waals surface area contributed by atoms with Crippen LogP contribution in [-0.2, 0) is 10.1 Å². The molecule has 8 heteroatoms. The third-order valence-corrected chi connectivity index (χ3v) is 3.62. The lowest BCUT2D eigenvalue weighted by molar-refractivity contribution is 0.484. The number of aromatic nitrogens is 2. The molecule has 0 aliphatic heterocycles. The predicted molar refractivity (Wildman–Crippen MR) is 69.0 cm³/mol. The van der Waals surface area contributed by atoms with E-state index >= 15 is 0 Å². The predicted octanol–water partition coefficient (Wildman–Crippen LogP) is 0.517. The number of nitrogens with zero attached hydrogens (tertiary/aromatic N) is 1. The average Bonchev–Trinajstić information content (AvgIpc) is 2.26. The second-order valence-electron chi connectivity index (χ2n) is 4.35. The Morgan fingerprint density at radius 1 is 1.26 bits per heavy atom. The van der Waals surface area contributed by atoms with Crippen LogP contribution in [0.1, 0.15) is 19.9 Å². The van der Waals surface area contributed by atoms with Crippen molar-refractivity contribution in [3.8, 4) is 0 Å². The lowest BCUT2D eigenvalue weighted by Gasteiger charge is -2.13. The third-order valence-electron chi connectivity index (χ3n) is 2.72. The summed E-state index contributed by atoms with van der Waals surface area (Å²) in [6.07, 6.45) is 0. The van der Waals surface area contributed by atoms with Crippen molar-refractivity contribution in [2.24, 2.45) is 0 Å². The highest BCUT2D eigenvalue weighted by Gasteiger charge is 2.19. The summed E-state index contributed by atoms with van der Waals surface area (Å²) in [5.74, 6) is 0. The van der Waals surface area contributed by atoms with E-state index in [0.717, 1.165) is 6.07 Å². The Morgan fingerprint density at radius 2 is 1.89 bits per heavy atom. The first-order chi connectivity index (χ1) is 8.73. The number of nitrogens with one attached hydrogen (secondary N) is 1. The van der Waals surface area contributed by atoms with Gasteiger partial charge in [-0.25, -0.2) is 4.79 Å². The molecule has 0 aliphatic carbocycles. The maximum atomic E-state index is 11.8. The van der Waals surface area contributed by atoms with Crippen LogP contribution in [0.3, 0.4) is 0 Å². The molecule has 1 aromatic heterocycles. The van der Waals surface area contributed by atoms with Gasteiger partial charge < -0.3 is 0 Å². The molecule has 0 saturated carbocycles. The van der Waals surface area contributed by atoms with Crippen LogP contribution >= 0.6 is 0 Å². The Bertz CT molecular complexity index is 861. The quantitative estimate of drug-likeness (QED) is 0.781. The Balaban J connectivity index is 3.14. The highest BCUT2D eigenvalue weighted by atomic mass is 32.2. The number of hydrogen-bond donors (Lipinski definition) is 2. The summed E-state index contributed by atoms with van der Waals surface area (Å²) < 4.78 is 33.0. The molecule has 0 bridgehead atoms. The van der Waals surface area contributed by atoms with Crippen molar-refractivity contribution in [2.45, 2.75) is 24.8 Å². The minimum atomic E-state index is -4.54. The first-order valence-corrected chi connectivity index (χ1v) is 6.92. The first-order valence-electron chi connectivity index (χ1n) is 5.48. The average molecular weight is 284 g/mol. The summed E-state index contributed by atoms with van der Waals surface area (Å²) in [5.41, 5.74) is -1.30. The first kappa shape index (κ1) is 13.5. The molecule has 1 aromatic carbocycles. The summed E-state index contributed by atoms with van der Waals surface area (Å²) in [7, 11) is -4.54. The van der Waals surface area contributed by atoms with Crippen LogP contribution in [0.2, 0.25) is 0 Å². The van der Waals surface area contributed by atoms with Gasteiger partial charge in [0.05, 0.1) is 10.9 Å². The van der Waals surface area contributed by atoms with Crippen molar-refractivity contribution in [1.82, 2.24) is 9.55 Å². The van der Waals surface area contributed by atoms with Crippen molar-refractivity contribution < 1.29 is 13.0 Å². The van der Waals surface area contributed by atoms with Gasteiger partial charge in [0.15, 0.2) is 0 Å². The van der Waals surface area contributed by atoms with E-state index in [4.69, 9.17) is 4.55 Å². The van der Waals surface area contributed by atoms with E-state index in [1.165, 1.54) is 16.7 Å². The van der Waals surface area contributed by atoms with Crippen LogP contribution in [0.4, 0.5) is 0 Å². The van der Waals surface area contributed by atoms with Crippen LogP contribution < -0.4 is 11.2 Å². The molecule has 1 heterocycles. The fourth-order valence-corrected chi connectivity index (χ4v) is 2.71. The number of fused-ring (bicyclic) bond motifs is 1. The summed E-state index contributed by atoms with van der Waals surface area (Å²) in [6.45, 7) is 3.44. The van der Waals surface area contributed by atoms with Crippen LogP contribution in [0.15, 0.2) is 32.7 Å². The molecular weight excluding hydrogens is 272 g/mol. The van der Waals surface area contributed by atoms with Gasteiger partial charge >= 0.3 is 5.69 Å². The second-order valence-corrected chi connectivity index (χ2v) is 5.74. The Kier molecular flexibility index (Phi) is 3.07. The van der Waals surface area contributed by atoms with Gasteiger partial charge in [-0.1, -0.05) is 6.07 Å². The van der Waals surface area contributed by atoms with Gasteiger partial charge in [-0.05, 0) is 26.0 Å². The summed E-state index contributed by atoms with van der Waals surface area (Å²) in [6, 6.07) is 3.66. The van der Waals surface area contributed by atoms with Gasteiger partial charge in [0, 0.05) is 6.04 Å². The standard InChI is InChI=1S/C11H12N2O5S/c1-6(2)13-7-4-3-5-8(19(16,17)18)9(7)10(14)12-11(13)15/h3-6H,1-2H3,(H,12,14,15)(H,16,17,18). The van der Waals surface area contributed by atoms with Gasteiger partial charge in [-0.2, -0.15) is 8.42 Å². The monoisotopic (exact) mass is 284 g/mol. The number of benzene rings is 1. The Hall–Kier alpha value is -1.93. The molecule has 2 N–H and O–H groups in total. The lowest BCUT2D eigenvalue weighted by Crippen LogP contribution is -2.32. The van der Waals surface area contributed by atoms with Crippen LogP contribution in [0.25, 0.3) is 10.9 Å². The number of rotatable bonds is 2. The lowest BCUT2D eigenvalue weighted by atomic mass is 10.2. The molecule has 0 saturated heterocycles. The Morgan fingerprint density at radius 3 is 2.42 bits per heavy atom. The molecule has 102 valence electrons. The molecule has 19 heavy (non-hydrogen) atoms. The highest BCUT2D eigenvalue weighted by Crippen LogP contribution is 2.20. The molecule has 2 rings (SSSR count). The number of H-pyrrole nitrogens is 1. The minimum absolute atomic E-state index is 0.166. The smallest absolute Gasteiger partial charge is 0.291 e. The molecule has 2 aromatic rings. The number of aromatic amines is 1. The molecule has 0 radical (unpaired) electrons. The van der Waals surface area contributed by atoms with Crippen molar-refractivity contribution in [3.63, 3.8) is 0 Å². The van der Waals surface area contributed by atoms with E-state index in [0.29, 0.717) is 0 Å². The van der Waals surface area contributed by atoms with Gasteiger partial charge in [-0.15, -0.1) is 0 Å². The molecule has 0 aliphatic rings.